The molecule has 1 aromatic heterocycles. The Morgan fingerprint density at radius 1 is 1.19 bits per heavy atom. The number of hydrogen-bond acceptors (Lipinski definition) is 5. The lowest BCUT2D eigenvalue weighted by atomic mass is 10.1. The van der Waals surface area contributed by atoms with Crippen molar-refractivity contribution < 1.29 is 14.2 Å². The number of nitrogens with zero attached hydrogens (tertiary/aromatic N) is 1. The molecule has 2 rings (SSSR count). The van der Waals surface area contributed by atoms with Gasteiger partial charge in [-0.1, -0.05) is 6.92 Å². The van der Waals surface area contributed by atoms with E-state index in [1.807, 2.05) is 18.2 Å². The normalized spacial score (nSPS) is 12.2. The SMILES string of the molecule is COC[C@@H](C)c1nc(-c2ccc(OC)cc2OC)c(C)s1. The predicted octanol–water partition coefficient (Wildman–Crippen LogP) is 3.89. The fourth-order valence-corrected chi connectivity index (χ4v) is 3.17. The highest BCUT2D eigenvalue weighted by molar-refractivity contribution is 7.12. The molecule has 0 aliphatic carbocycles. The van der Waals surface area contributed by atoms with Gasteiger partial charge in [-0.25, -0.2) is 4.98 Å². The molecule has 21 heavy (non-hydrogen) atoms. The lowest BCUT2D eigenvalue weighted by Gasteiger charge is -2.09. The monoisotopic (exact) mass is 307 g/mol. The topological polar surface area (TPSA) is 40.6 Å². The van der Waals surface area contributed by atoms with Crippen LogP contribution in [-0.2, 0) is 4.74 Å². The second kappa shape index (κ2) is 6.91. The first kappa shape index (κ1) is 15.8. The zero-order valence-corrected chi connectivity index (χ0v) is 13.9. The molecule has 0 radical (unpaired) electrons. The van der Waals surface area contributed by atoms with Crippen molar-refractivity contribution in [3.63, 3.8) is 0 Å². The van der Waals surface area contributed by atoms with Gasteiger partial charge < -0.3 is 14.2 Å². The first-order valence-electron chi connectivity index (χ1n) is 6.79. The van der Waals surface area contributed by atoms with Crippen molar-refractivity contribution in [1.29, 1.82) is 0 Å². The van der Waals surface area contributed by atoms with Gasteiger partial charge in [-0.15, -0.1) is 11.3 Å². The van der Waals surface area contributed by atoms with Crippen molar-refractivity contribution >= 4 is 11.3 Å². The Labute approximate surface area is 129 Å². The average Bonchev–Trinajstić information content (AvgIpc) is 2.88. The van der Waals surface area contributed by atoms with Gasteiger partial charge in [0.2, 0.25) is 0 Å². The van der Waals surface area contributed by atoms with Crippen LogP contribution in [0, 0.1) is 6.92 Å². The highest BCUT2D eigenvalue weighted by atomic mass is 32.1. The van der Waals surface area contributed by atoms with Crippen molar-refractivity contribution in [3.05, 3.63) is 28.1 Å². The van der Waals surface area contributed by atoms with Crippen LogP contribution < -0.4 is 9.47 Å². The maximum absolute atomic E-state index is 5.47. The zero-order chi connectivity index (χ0) is 15.4. The van der Waals surface area contributed by atoms with E-state index in [4.69, 9.17) is 19.2 Å². The minimum atomic E-state index is 0.289. The van der Waals surface area contributed by atoms with Gasteiger partial charge in [0.1, 0.15) is 11.5 Å². The summed E-state index contributed by atoms with van der Waals surface area (Å²) in [4.78, 5) is 5.96. The lowest BCUT2D eigenvalue weighted by Crippen LogP contribution is -2.01. The van der Waals surface area contributed by atoms with Crippen molar-refractivity contribution in [3.8, 4) is 22.8 Å². The Bertz CT molecular complexity index is 610. The van der Waals surface area contributed by atoms with Crippen molar-refractivity contribution in [2.24, 2.45) is 0 Å². The van der Waals surface area contributed by atoms with E-state index in [2.05, 4.69) is 13.8 Å². The van der Waals surface area contributed by atoms with Gasteiger partial charge in [-0.3, -0.25) is 0 Å². The van der Waals surface area contributed by atoms with Crippen LogP contribution in [0.3, 0.4) is 0 Å². The Balaban J connectivity index is 2.42. The molecule has 0 aliphatic rings. The summed E-state index contributed by atoms with van der Waals surface area (Å²) < 4.78 is 15.9. The fourth-order valence-electron chi connectivity index (χ4n) is 2.19. The van der Waals surface area contributed by atoms with Crippen LogP contribution in [-0.4, -0.2) is 32.9 Å². The minimum absolute atomic E-state index is 0.289. The predicted molar refractivity (Wildman–Crippen MR) is 85.7 cm³/mol. The molecular weight excluding hydrogens is 286 g/mol. The summed E-state index contributed by atoms with van der Waals surface area (Å²) in [5.74, 6) is 1.84. The molecule has 0 amide bonds. The second-order valence-corrected chi connectivity index (χ2v) is 6.11. The van der Waals surface area contributed by atoms with Crippen molar-refractivity contribution in [2.45, 2.75) is 19.8 Å². The third kappa shape index (κ3) is 3.36. The molecule has 5 heteroatoms. The van der Waals surface area contributed by atoms with E-state index < -0.39 is 0 Å². The van der Waals surface area contributed by atoms with Crippen molar-refractivity contribution in [1.82, 2.24) is 4.98 Å². The summed E-state index contributed by atoms with van der Waals surface area (Å²) in [6.07, 6.45) is 0. The van der Waals surface area contributed by atoms with E-state index in [9.17, 15) is 0 Å². The summed E-state index contributed by atoms with van der Waals surface area (Å²) in [5, 5.41) is 1.09. The maximum Gasteiger partial charge on any atom is 0.131 e. The summed E-state index contributed by atoms with van der Waals surface area (Å²) in [7, 11) is 5.02. The molecule has 0 unspecified atom stereocenters. The van der Waals surface area contributed by atoms with Gasteiger partial charge in [0.05, 0.1) is 31.5 Å². The summed E-state index contributed by atoms with van der Waals surface area (Å²) in [6.45, 7) is 4.88. The first-order chi connectivity index (χ1) is 10.1. The smallest absolute Gasteiger partial charge is 0.131 e. The molecule has 2 aromatic rings. The van der Waals surface area contributed by atoms with Crippen molar-refractivity contribution in [2.75, 3.05) is 27.9 Å². The lowest BCUT2D eigenvalue weighted by molar-refractivity contribution is 0.184. The average molecular weight is 307 g/mol. The molecule has 114 valence electrons. The number of aromatic nitrogens is 1. The number of ether oxygens (including phenoxy) is 3. The van der Waals surface area contributed by atoms with Gasteiger partial charge in [0.25, 0.3) is 0 Å². The van der Waals surface area contributed by atoms with E-state index in [0.29, 0.717) is 6.61 Å². The Morgan fingerprint density at radius 2 is 1.95 bits per heavy atom. The van der Waals surface area contributed by atoms with Crippen LogP contribution >= 0.6 is 11.3 Å². The van der Waals surface area contributed by atoms with E-state index >= 15 is 0 Å². The quantitative estimate of drug-likeness (QED) is 0.812. The number of benzene rings is 1. The molecule has 4 nitrogen and oxygen atoms in total. The van der Waals surface area contributed by atoms with Crippen LogP contribution in [0.25, 0.3) is 11.3 Å². The van der Waals surface area contributed by atoms with E-state index in [-0.39, 0.29) is 5.92 Å². The van der Waals surface area contributed by atoms with Gasteiger partial charge in [0.15, 0.2) is 0 Å². The van der Waals surface area contributed by atoms with E-state index in [1.54, 1.807) is 32.7 Å². The van der Waals surface area contributed by atoms with Crippen LogP contribution in [0.4, 0.5) is 0 Å². The molecule has 1 aromatic carbocycles. The molecule has 0 fully saturated rings. The third-order valence-electron chi connectivity index (χ3n) is 3.32. The maximum atomic E-state index is 5.47. The summed E-state index contributed by atoms with van der Waals surface area (Å²) in [6, 6.07) is 5.80. The number of thiazole rings is 1. The Hall–Kier alpha value is -1.59. The highest BCUT2D eigenvalue weighted by Crippen LogP contribution is 2.37. The third-order valence-corrected chi connectivity index (χ3v) is 4.52. The number of rotatable bonds is 6. The summed E-state index contributed by atoms with van der Waals surface area (Å²) >= 11 is 1.71. The molecule has 0 spiro atoms. The van der Waals surface area contributed by atoms with Crippen LogP contribution in [0.2, 0.25) is 0 Å². The van der Waals surface area contributed by atoms with E-state index in [0.717, 1.165) is 27.8 Å². The minimum Gasteiger partial charge on any atom is -0.497 e. The molecule has 1 heterocycles. The number of aryl methyl sites for hydroxylation is 1. The molecule has 0 aliphatic heterocycles. The van der Waals surface area contributed by atoms with Gasteiger partial charge in [-0.2, -0.15) is 0 Å². The van der Waals surface area contributed by atoms with E-state index in [1.165, 1.54) is 4.88 Å². The molecule has 0 saturated heterocycles. The van der Waals surface area contributed by atoms with Crippen LogP contribution in [0.1, 0.15) is 22.7 Å². The van der Waals surface area contributed by atoms with Crippen LogP contribution in [0.15, 0.2) is 18.2 Å². The molecule has 0 saturated carbocycles. The zero-order valence-electron chi connectivity index (χ0n) is 13.1. The molecule has 1 atom stereocenters. The molecular formula is C16H21NO3S. The van der Waals surface area contributed by atoms with Gasteiger partial charge >= 0.3 is 0 Å². The number of methoxy groups -OCH3 is 3. The Morgan fingerprint density at radius 3 is 2.57 bits per heavy atom. The van der Waals surface area contributed by atoms with Gasteiger partial charge in [-0.05, 0) is 19.1 Å². The number of hydrogen-bond donors (Lipinski definition) is 0. The standard InChI is InChI=1S/C16H21NO3S/c1-10(9-18-3)16-17-15(11(2)21-16)13-7-6-12(19-4)8-14(13)20-5/h6-8,10H,9H2,1-5H3/t10-/m1/s1. The Kier molecular flexibility index (Phi) is 5.20. The van der Waals surface area contributed by atoms with Gasteiger partial charge in [0, 0.05) is 29.5 Å². The highest BCUT2D eigenvalue weighted by Gasteiger charge is 2.17. The fraction of sp³-hybridized carbons (Fsp3) is 0.438. The molecule has 0 N–H and O–H groups in total. The first-order valence-corrected chi connectivity index (χ1v) is 7.61. The largest absolute Gasteiger partial charge is 0.497 e. The summed E-state index contributed by atoms with van der Waals surface area (Å²) in [5.41, 5.74) is 1.96. The molecule has 0 bridgehead atoms. The second-order valence-electron chi connectivity index (χ2n) is 4.88. The van der Waals surface area contributed by atoms with Crippen LogP contribution in [0.5, 0.6) is 11.5 Å².